The SMILES string of the molecule is CC1=NN=C(C23CC4CC(CC(C4)C2)C3)CC1CN. The fraction of sp³-hybridized carbons (Fsp3) is 0.875. The van der Waals surface area contributed by atoms with Crippen LogP contribution in [0, 0.1) is 29.1 Å². The molecule has 4 saturated carbocycles. The monoisotopic (exact) mass is 259 g/mol. The summed E-state index contributed by atoms with van der Waals surface area (Å²) in [5.41, 5.74) is 8.88. The molecule has 0 amide bonds. The molecule has 3 nitrogen and oxygen atoms in total. The lowest BCUT2D eigenvalue weighted by molar-refractivity contribution is -0.0137. The Kier molecular flexibility index (Phi) is 2.63. The van der Waals surface area contributed by atoms with Crippen LogP contribution in [0.4, 0.5) is 0 Å². The van der Waals surface area contributed by atoms with E-state index >= 15 is 0 Å². The van der Waals surface area contributed by atoms with Crippen LogP contribution in [-0.4, -0.2) is 18.0 Å². The molecule has 1 atom stereocenters. The van der Waals surface area contributed by atoms with E-state index in [2.05, 4.69) is 17.1 Å². The van der Waals surface area contributed by atoms with E-state index in [0.717, 1.165) is 36.4 Å². The molecule has 0 saturated heterocycles. The topological polar surface area (TPSA) is 50.7 Å². The molecule has 0 aromatic heterocycles. The van der Waals surface area contributed by atoms with Crippen LogP contribution in [0.25, 0.3) is 0 Å². The van der Waals surface area contributed by atoms with E-state index in [-0.39, 0.29) is 0 Å². The maximum atomic E-state index is 5.91. The molecule has 1 unspecified atom stereocenters. The van der Waals surface area contributed by atoms with E-state index in [0.29, 0.717) is 11.3 Å². The van der Waals surface area contributed by atoms with Crippen LogP contribution in [-0.2, 0) is 0 Å². The van der Waals surface area contributed by atoms with Gasteiger partial charge in [-0.15, -0.1) is 0 Å². The number of nitrogens with zero attached hydrogens (tertiary/aromatic N) is 2. The first kappa shape index (κ1) is 12.1. The maximum absolute atomic E-state index is 5.91. The largest absolute Gasteiger partial charge is 0.330 e. The van der Waals surface area contributed by atoms with Crippen molar-refractivity contribution < 1.29 is 0 Å². The second kappa shape index (κ2) is 4.15. The Labute approximate surface area is 115 Å². The summed E-state index contributed by atoms with van der Waals surface area (Å²) >= 11 is 0. The van der Waals surface area contributed by atoms with E-state index in [1.54, 1.807) is 0 Å². The van der Waals surface area contributed by atoms with Gasteiger partial charge in [0.2, 0.25) is 0 Å². The highest BCUT2D eigenvalue weighted by atomic mass is 15.2. The molecule has 19 heavy (non-hydrogen) atoms. The molecule has 0 aromatic rings. The first-order valence-electron chi connectivity index (χ1n) is 8.00. The van der Waals surface area contributed by atoms with Gasteiger partial charge in [0.05, 0.1) is 0 Å². The van der Waals surface area contributed by atoms with Gasteiger partial charge in [-0.25, -0.2) is 0 Å². The summed E-state index contributed by atoms with van der Waals surface area (Å²) in [4.78, 5) is 0. The van der Waals surface area contributed by atoms with Gasteiger partial charge in [-0.2, -0.15) is 10.2 Å². The lowest BCUT2D eigenvalue weighted by atomic mass is 9.48. The van der Waals surface area contributed by atoms with Crippen LogP contribution in [0.1, 0.15) is 51.9 Å². The molecule has 4 aliphatic carbocycles. The highest BCUT2D eigenvalue weighted by Gasteiger charge is 2.53. The Morgan fingerprint density at radius 1 is 1.05 bits per heavy atom. The molecule has 5 rings (SSSR count). The third-order valence-corrected chi connectivity index (χ3v) is 6.29. The predicted octanol–water partition coefficient (Wildman–Crippen LogP) is 3.00. The Balaban J connectivity index is 1.65. The molecule has 0 spiro atoms. The van der Waals surface area contributed by atoms with Crippen molar-refractivity contribution in [1.82, 2.24) is 0 Å². The normalized spacial score (nSPS) is 48.1. The van der Waals surface area contributed by atoms with Gasteiger partial charge in [-0.1, -0.05) is 0 Å². The zero-order chi connectivity index (χ0) is 13.0. The van der Waals surface area contributed by atoms with E-state index in [9.17, 15) is 0 Å². The number of hydrogen-bond acceptors (Lipinski definition) is 3. The van der Waals surface area contributed by atoms with E-state index < -0.39 is 0 Å². The molecular weight excluding hydrogens is 234 g/mol. The Morgan fingerprint density at radius 2 is 1.63 bits per heavy atom. The summed E-state index contributed by atoms with van der Waals surface area (Å²) in [6.07, 6.45) is 9.74. The zero-order valence-electron chi connectivity index (χ0n) is 11.9. The van der Waals surface area contributed by atoms with Crippen molar-refractivity contribution in [3.8, 4) is 0 Å². The third-order valence-electron chi connectivity index (χ3n) is 6.29. The van der Waals surface area contributed by atoms with Gasteiger partial charge >= 0.3 is 0 Å². The third kappa shape index (κ3) is 1.81. The Morgan fingerprint density at radius 3 is 2.16 bits per heavy atom. The maximum Gasteiger partial charge on any atom is 0.0474 e. The summed E-state index contributed by atoms with van der Waals surface area (Å²) in [5, 5.41) is 9.09. The highest BCUT2D eigenvalue weighted by Crippen LogP contribution is 2.61. The van der Waals surface area contributed by atoms with E-state index in [1.807, 2.05) is 0 Å². The van der Waals surface area contributed by atoms with Crippen LogP contribution in [0.5, 0.6) is 0 Å². The first-order chi connectivity index (χ1) is 9.18. The van der Waals surface area contributed by atoms with E-state index in [1.165, 1.54) is 44.2 Å². The van der Waals surface area contributed by atoms with Crippen LogP contribution in [0.3, 0.4) is 0 Å². The molecule has 104 valence electrons. The summed E-state index contributed by atoms with van der Waals surface area (Å²) in [5.74, 6) is 3.40. The van der Waals surface area contributed by atoms with Gasteiger partial charge in [-0.3, -0.25) is 0 Å². The average Bonchev–Trinajstić information content (AvgIpc) is 2.37. The average molecular weight is 259 g/mol. The number of rotatable bonds is 2. The first-order valence-corrected chi connectivity index (χ1v) is 8.00. The van der Waals surface area contributed by atoms with Crippen LogP contribution >= 0.6 is 0 Å². The second-order valence-corrected chi connectivity index (χ2v) is 7.62. The predicted molar refractivity (Wildman–Crippen MR) is 78.3 cm³/mol. The molecule has 3 heteroatoms. The molecule has 1 heterocycles. The van der Waals surface area contributed by atoms with Crippen molar-refractivity contribution in [2.75, 3.05) is 6.54 Å². The molecular formula is C16H25N3. The molecule has 1 aliphatic heterocycles. The van der Waals surface area contributed by atoms with Gasteiger partial charge < -0.3 is 5.73 Å². The molecule has 4 fully saturated rings. The van der Waals surface area contributed by atoms with Gasteiger partial charge in [0.15, 0.2) is 0 Å². The number of nitrogens with two attached hydrogens (primary N) is 1. The van der Waals surface area contributed by atoms with Crippen molar-refractivity contribution >= 4 is 11.4 Å². The molecule has 2 N–H and O–H groups in total. The minimum atomic E-state index is 0.423. The highest BCUT2D eigenvalue weighted by molar-refractivity contribution is 5.98. The molecule has 5 aliphatic rings. The van der Waals surface area contributed by atoms with Gasteiger partial charge in [-0.05, 0) is 69.6 Å². The van der Waals surface area contributed by atoms with Gasteiger partial charge in [0.1, 0.15) is 0 Å². The van der Waals surface area contributed by atoms with Crippen molar-refractivity contribution in [1.29, 1.82) is 0 Å². The second-order valence-electron chi connectivity index (χ2n) is 7.62. The summed E-state index contributed by atoms with van der Waals surface area (Å²) in [6.45, 7) is 2.80. The fourth-order valence-corrected chi connectivity index (χ4v) is 5.68. The molecule has 4 bridgehead atoms. The Hall–Kier alpha value is -0.700. The molecule has 0 aromatic carbocycles. The van der Waals surface area contributed by atoms with Crippen molar-refractivity contribution in [2.45, 2.75) is 51.9 Å². The van der Waals surface area contributed by atoms with Crippen LogP contribution in [0.2, 0.25) is 0 Å². The summed E-state index contributed by atoms with van der Waals surface area (Å²) in [7, 11) is 0. The smallest absolute Gasteiger partial charge is 0.0474 e. The van der Waals surface area contributed by atoms with Crippen LogP contribution in [0.15, 0.2) is 10.2 Å². The quantitative estimate of drug-likeness (QED) is 0.814. The minimum absolute atomic E-state index is 0.423. The Bertz CT molecular complexity index is 414. The van der Waals surface area contributed by atoms with Gasteiger partial charge in [0.25, 0.3) is 0 Å². The lowest BCUT2D eigenvalue weighted by Gasteiger charge is -2.57. The van der Waals surface area contributed by atoms with E-state index in [4.69, 9.17) is 5.73 Å². The lowest BCUT2D eigenvalue weighted by Crippen LogP contribution is -2.51. The zero-order valence-corrected chi connectivity index (χ0v) is 11.9. The van der Waals surface area contributed by atoms with Crippen LogP contribution < -0.4 is 5.73 Å². The summed E-state index contributed by atoms with van der Waals surface area (Å²) < 4.78 is 0. The fourth-order valence-electron chi connectivity index (χ4n) is 5.68. The van der Waals surface area contributed by atoms with Crippen molar-refractivity contribution in [3.63, 3.8) is 0 Å². The van der Waals surface area contributed by atoms with Gasteiger partial charge in [0, 0.05) is 29.3 Å². The summed E-state index contributed by atoms with van der Waals surface area (Å²) in [6, 6.07) is 0. The number of hydrogen-bond donors (Lipinski definition) is 1. The minimum Gasteiger partial charge on any atom is -0.330 e. The van der Waals surface area contributed by atoms with Crippen molar-refractivity contribution in [3.05, 3.63) is 0 Å². The van der Waals surface area contributed by atoms with Crippen molar-refractivity contribution in [2.24, 2.45) is 45.0 Å². The molecule has 0 radical (unpaired) electrons. The standard InChI is InChI=1S/C16H25N3/c1-10-14(9-17)5-15(19-18-10)16-6-11-2-12(7-16)4-13(3-11)8-16/h11-14H,2-9,17H2,1H3.